The zero-order valence-electron chi connectivity index (χ0n) is 8.38. The number of hydrogen-bond donors (Lipinski definition) is 1. The Labute approximate surface area is 91.0 Å². The van der Waals surface area contributed by atoms with E-state index in [9.17, 15) is 20.0 Å². The van der Waals surface area contributed by atoms with Crippen molar-refractivity contribution in [3.8, 4) is 0 Å². The van der Waals surface area contributed by atoms with Gasteiger partial charge in [0.25, 0.3) is 5.69 Å². The lowest BCUT2D eigenvalue weighted by molar-refractivity contribution is -0.437. The van der Waals surface area contributed by atoms with E-state index in [0.717, 1.165) is 0 Å². The fraction of sp³-hybridized carbons (Fsp3) is 0.222. The summed E-state index contributed by atoms with van der Waals surface area (Å²) in [6, 6.07) is 4.85. The molecule has 7 heteroatoms. The van der Waals surface area contributed by atoms with Crippen LogP contribution in [0.15, 0.2) is 24.3 Å². The maximum atomic E-state index is 10.4. The van der Waals surface area contributed by atoms with E-state index in [2.05, 4.69) is 5.73 Å². The van der Waals surface area contributed by atoms with E-state index < -0.39 is 16.9 Å². The lowest BCUT2D eigenvalue weighted by Crippen LogP contribution is -2.69. The van der Waals surface area contributed by atoms with Gasteiger partial charge < -0.3 is 21.1 Å². The number of quaternary nitrogens is 1. The highest BCUT2D eigenvalue weighted by molar-refractivity contribution is 5.69. The summed E-state index contributed by atoms with van der Waals surface area (Å²) in [5, 5.41) is 20.7. The van der Waals surface area contributed by atoms with Crippen LogP contribution in [0.2, 0.25) is 0 Å². The van der Waals surface area contributed by atoms with Crippen LogP contribution in [0.5, 0.6) is 0 Å². The van der Waals surface area contributed by atoms with Gasteiger partial charge in [0.1, 0.15) is 6.04 Å². The Bertz CT molecular complexity index is 376. The Balaban J connectivity index is 0.00000225. The van der Waals surface area contributed by atoms with Crippen LogP contribution >= 0.6 is 0 Å². The van der Waals surface area contributed by atoms with Crippen LogP contribution < -0.4 is 10.8 Å². The molecular weight excluding hydrogens is 216 g/mol. The molecule has 5 N–H and O–H groups in total. The van der Waals surface area contributed by atoms with Crippen molar-refractivity contribution in [3.05, 3.63) is 39.9 Å². The topological polar surface area (TPSA) is 142 Å². The molecular formula is C9H12N2O5. The molecule has 1 rings (SSSR count). The smallest absolute Gasteiger partial charge is 0.269 e. The Hall–Kier alpha value is -1.99. The fourth-order valence-electron chi connectivity index (χ4n) is 1.12. The van der Waals surface area contributed by atoms with Crippen molar-refractivity contribution < 1.29 is 26.0 Å². The summed E-state index contributed by atoms with van der Waals surface area (Å²) >= 11 is 0. The van der Waals surface area contributed by atoms with Crippen LogP contribution in [0, 0.1) is 10.1 Å². The van der Waals surface area contributed by atoms with Gasteiger partial charge in [0.2, 0.25) is 0 Å². The molecule has 7 nitrogen and oxygen atoms in total. The van der Waals surface area contributed by atoms with E-state index in [1.807, 2.05) is 0 Å². The van der Waals surface area contributed by atoms with Crippen molar-refractivity contribution in [1.82, 2.24) is 0 Å². The Morgan fingerprint density at radius 3 is 2.25 bits per heavy atom. The van der Waals surface area contributed by atoms with Crippen LogP contribution in [0.3, 0.4) is 0 Å². The van der Waals surface area contributed by atoms with Crippen LogP contribution in [-0.2, 0) is 11.2 Å². The van der Waals surface area contributed by atoms with Gasteiger partial charge in [-0.25, -0.2) is 0 Å². The molecule has 0 saturated carbocycles. The third kappa shape index (κ3) is 3.64. The zero-order chi connectivity index (χ0) is 11.4. The molecule has 1 aromatic rings. The van der Waals surface area contributed by atoms with Crippen LogP contribution in [-0.4, -0.2) is 22.4 Å². The molecule has 0 radical (unpaired) electrons. The molecule has 0 amide bonds. The molecule has 1 atom stereocenters. The normalized spacial score (nSPS) is 11.3. The van der Waals surface area contributed by atoms with Crippen LogP contribution in [0.4, 0.5) is 5.69 Å². The summed E-state index contributed by atoms with van der Waals surface area (Å²) in [4.78, 5) is 20.2. The Morgan fingerprint density at radius 1 is 1.38 bits per heavy atom. The van der Waals surface area contributed by atoms with E-state index in [-0.39, 0.29) is 17.6 Å². The highest BCUT2D eigenvalue weighted by Crippen LogP contribution is 2.12. The molecule has 0 fully saturated rings. The van der Waals surface area contributed by atoms with Crippen LogP contribution in [0.1, 0.15) is 5.56 Å². The second-order valence-electron chi connectivity index (χ2n) is 3.14. The second-order valence-corrected chi connectivity index (χ2v) is 3.14. The largest absolute Gasteiger partial charge is 0.544 e. The molecule has 0 heterocycles. The summed E-state index contributed by atoms with van der Waals surface area (Å²) in [5.41, 5.74) is 4.06. The number of nitro benzene ring substituents is 1. The van der Waals surface area contributed by atoms with Gasteiger partial charge >= 0.3 is 0 Å². The maximum absolute atomic E-state index is 10.4. The number of nitro groups is 1. The molecule has 0 spiro atoms. The number of carbonyl (C=O) groups is 1. The maximum Gasteiger partial charge on any atom is 0.269 e. The zero-order valence-corrected chi connectivity index (χ0v) is 8.38. The van der Waals surface area contributed by atoms with Gasteiger partial charge in [0, 0.05) is 18.6 Å². The quantitative estimate of drug-likeness (QED) is 0.455. The number of aliphatic carboxylic acids is 1. The summed E-state index contributed by atoms with van der Waals surface area (Å²) in [6.45, 7) is 0. The number of rotatable bonds is 4. The molecule has 88 valence electrons. The lowest BCUT2D eigenvalue weighted by Gasteiger charge is -2.08. The third-order valence-corrected chi connectivity index (χ3v) is 1.96. The summed E-state index contributed by atoms with van der Waals surface area (Å²) in [7, 11) is 0. The number of carbonyl (C=O) groups excluding carboxylic acids is 1. The molecule has 0 bridgehead atoms. The van der Waals surface area contributed by atoms with E-state index in [1.54, 1.807) is 0 Å². The minimum Gasteiger partial charge on any atom is -0.544 e. The number of nitrogens with zero attached hydrogens (tertiary/aromatic N) is 1. The number of carboxylic acid groups (broad SMARTS) is 1. The monoisotopic (exact) mass is 228 g/mol. The Kier molecular flexibility index (Phi) is 5.07. The van der Waals surface area contributed by atoms with Gasteiger partial charge in [0.05, 0.1) is 10.9 Å². The van der Waals surface area contributed by atoms with Crippen molar-refractivity contribution in [1.29, 1.82) is 0 Å². The van der Waals surface area contributed by atoms with Gasteiger partial charge in [-0.1, -0.05) is 12.1 Å². The standard InChI is InChI=1S/C9H10N2O4.H2O/c10-8(9(12)13)5-6-1-3-7(4-2-6)11(14)15;/h1-4,8H,5,10H2,(H,12,13);1H2. The van der Waals surface area contributed by atoms with Crippen molar-refractivity contribution >= 4 is 11.7 Å². The van der Waals surface area contributed by atoms with E-state index in [1.165, 1.54) is 24.3 Å². The molecule has 16 heavy (non-hydrogen) atoms. The first-order valence-corrected chi connectivity index (χ1v) is 4.28. The van der Waals surface area contributed by atoms with E-state index >= 15 is 0 Å². The molecule has 0 aliphatic carbocycles. The highest BCUT2D eigenvalue weighted by atomic mass is 16.6. The third-order valence-electron chi connectivity index (χ3n) is 1.96. The average Bonchev–Trinajstić information content (AvgIpc) is 2.18. The minimum atomic E-state index is -1.23. The molecule has 1 aromatic carbocycles. The lowest BCUT2D eigenvalue weighted by atomic mass is 10.1. The number of benzene rings is 1. The SMILES string of the molecule is O.[NH3+]C(Cc1ccc([N+](=O)[O-])cc1)C(=O)[O-]. The first-order chi connectivity index (χ1) is 7.00. The van der Waals surface area contributed by atoms with Gasteiger partial charge in [-0.2, -0.15) is 0 Å². The highest BCUT2D eigenvalue weighted by Gasteiger charge is 2.10. The fourth-order valence-corrected chi connectivity index (χ4v) is 1.12. The van der Waals surface area contributed by atoms with Gasteiger partial charge in [-0.3, -0.25) is 10.1 Å². The van der Waals surface area contributed by atoms with Gasteiger partial charge in [-0.15, -0.1) is 0 Å². The van der Waals surface area contributed by atoms with Gasteiger partial charge in [0.15, 0.2) is 0 Å². The number of carboxylic acids is 1. The molecule has 0 saturated heterocycles. The number of hydrogen-bond acceptors (Lipinski definition) is 4. The van der Waals surface area contributed by atoms with Crippen LogP contribution in [0.25, 0.3) is 0 Å². The van der Waals surface area contributed by atoms with Crippen molar-refractivity contribution in [2.45, 2.75) is 12.5 Å². The van der Waals surface area contributed by atoms with Gasteiger partial charge in [-0.05, 0) is 5.56 Å². The summed E-state index contributed by atoms with van der Waals surface area (Å²) < 4.78 is 0. The van der Waals surface area contributed by atoms with E-state index in [4.69, 9.17) is 0 Å². The summed E-state index contributed by atoms with van der Waals surface area (Å²) in [5.74, 6) is -1.23. The molecule has 0 aromatic heterocycles. The van der Waals surface area contributed by atoms with Crippen molar-refractivity contribution in [3.63, 3.8) is 0 Å². The Morgan fingerprint density at radius 2 is 1.88 bits per heavy atom. The molecule has 1 unspecified atom stereocenters. The summed E-state index contributed by atoms with van der Waals surface area (Å²) in [6.07, 6.45) is 0.209. The first kappa shape index (κ1) is 14.0. The number of non-ortho nitro benzene ring substituents is 1. The molecule has 0 aliphatic heterocycles. The predicted molar refractivity (Wildman–Crippen MR) is 52.1 cm³/mol. The van der Waals surface area contributed by atoms with Crippen molar-refractivity contribution in [2.24, 2.45) is 0 Å². The van der Waals surface area contributed by atoms with E-state index in [0.29, 0.717) is 5.56 Å². The second kappa shape index (κ2) is 5.79. The van der Waals surface area contributed by atoms with Crippen molar-refractivity contribution in [2.75, 3.05) is 0 Å². The minimum absolute atomic E-state index is 0. The first-order valence-electron chi connectivity index (χ1n) is 4.28. The molecule has 0 aliphatic rings. The average molecular weight is 228 g/mol. The predicted octanol–water partition coefficient (Wildman–Crippen LogP) is -2.33.